The minimum atomic E-state index is -3.51. The van der Waals surface area contributed by atoms with Gasteiger partial charge in [0, 0.05) is 12.7 Å². The topological polar surface area (TPSA) is 59.1 Å². The Kier molecular flexibility index (Phi) is 3.39. The Labute approximate surface area is 104 Å². The van der Waals surface area contributed by atoms with Gasteiger partial charge in [-0.15, -0.1) is 0 Å². The second-order valence-electron chi connectivity index (χ2n) is 3.74. The van der Waals surface area contributed by atoms with Gasteiger partial charge in [0.1, 0.15) is 10.0 Å². The molecule has 1 N–H and O–H groups in total. The van der Waals surface area contributed by atoms with Crippen LogP contribution in [-0.2, 0) is 10.0 Å². The van der Waals surface area contributed by atoms with Crippen molar-refractivity contribution in [3.8, 4) is 0 Å². The van der Waals surface area contributed by atoms with Crippen molar-refractivity contribution in [1.29, 1.82) is 0 Å². The van der Waals surface area contributed by atoms with Gasteiger partial charge in [-0.05, 0) is 24.8 Å². The highest BCUT2D eigenvalue weighted by Crippen LogP contribution is 2.28. The number of nitrogens with one attached hydrogen (secondary N) is 1. The molecule has 16 heavy (non-hydrogen) atoms. The molecule has 4 nitrogen and oxygen atoms in total. The zero-order valence-electron chi connectivity index (χ0n) is 8.28. The van der Waals surface area contributed by atoms with E-state index >= 15 is 0 Å². The Balaban J connectivity index is 2.17. The van der Waals surface area contributed by atoms with Gasteiger partial charge in [-0.3, -0.25) is 0 Å². The highest BCUT2D eigenvalue weighted by atomic mass is 35.5. The molecule has 0 atom stereocenters. The molecule has 1 aliphatic rings. The molecule has 0 aromatic carbocycles. The first-order chi connectivity index (χ1) is 7.49. The van der Waals surface area contributed by atoms with E-state index in [1.165, 1.54) is 12.3 Å². The quantitative estimate of drug-likeness (QED) is 0.859. The maximum Gasteiger partial charge on any atom is 0.242 e. The van der Waals surface area contributed by atoms with Crippen molar-refractivity contribution in [2.75, 3.05) is 6.54 Å². The Morgan fingerprint density at radius 3 is 2.69 bits per heavy atom. The van der Waals surface area contributed by atoms with E-state index in [2.05, 4.69) is 9.71 Å². The second kappa shape index (κ2) is 4.49. The van der Waals surface area contributed by atoms with E-state index < -0.39 is 10.0 Å². The summed E-state index contributed by atoms with van der Waals surface area (Å²) in [6.07, 6.45) is 3.37. The highest BCUT2D eigenvalue weighted by Gasteiger charge is 2.24. The van der Waals surface area contributed by atoms with Crippen LogP contribution < -0.4 is 4.72 Å². The van der Waals surface area contributed by atoms with Crippen molar-refractivity contribution in [3.05, 3.63) is 22.4 Å². The molecule has 0 spiro atoms. The van der Waals surface area contributed by atoms with E-state index in [9.17, 15) is 8.42 Å². The molecule has 1 aromatic heterocycles. The number of aromatic nitrogens is 1. The molecule has 7 heteroatoms. The monoisotopic (exact) mass is 280 g/mol. The molecule has 1 saturated carbocycles. The van der Waals surface area contributed by atoms with E-state index in [-0.39, 0.29) is 15.1 Å². The lowest BCUT2D eigenvalue weighted by Crippen LogP contribution is -2.25. The molecule has 1 heterocycles. The summed E-state index contributed by atoms with van der Waals surface area (Å²) in [4.78, 5) is 3.75. The minimum Gasteiger partial charge on any atom is -0.242 e. The maximum absolute atomic E-state index is 11.8. The summed E-state index contributed by atoms with van der Waals surface area (Å²) in [6, 6.07) is 1.30. The molecule has 1 fully saturated rings. The zero-order chi connectivity index (χ0) is 11.8. The molecule has 1 aromatic rings. The van der Waals surface area contributed by atoms with E-state index in [0.717, 1.165) is 12.8 Å². The summed E-state index contributed by atoms with van der Waals surface area (Å²) in [6.45, 7) is 0.475. The largest absolute Gasteiger partial charge is 0.242 e. The third-order valence-electron chi connectivity index (χ3n) is 2.34. The van der Waals surface area contributed by atoms with E-state index in [0.29, 0.717) is 12.5 Å². The van der Waals surface area contributed by atoms with Gasteiger partial charge in [0.2, 0.25) is 10.0 Å². The highest BCUT2D eigenvalue weighted by molar-refractivity contribution is 7.89. The van der Waals surface area contributed by atoms with Crippen molar-refractivity contribution in [1.82, 2.24) is 9.71 Å². The molecular formula is C9H10Cl2N2O2S. The zero-order valence-corrected chi connectivity index (χ0v) is 10.6. The average Bonchev–Trinajstić information content (AvgIpc) is 3.03. The third-order valence-corrected chi connectivity index (χ3v) is 4.42. The predicted molar refractivity (Wildman–Crippen MR) is 62.2 cm³/mol. The lowest BCUT2D eigenvalue weighted by atomic mass is 10.4. The molecule has 0 radical (unpaired) electrons. The molecule has 1 aliphatic carbocycles. The molecule has 0 unspecified atom stereocenters. The number of hydrogen-bond acceptors (Lipinski definition) is 3. The van der Waals surface area contributed by atoms with E-state index in [4.69, 9.17) is 23.2 Å². The number of nitrogens with zero attached hydrogens (tertiary/aromatic N) is 1. The fourth-order valence-electron chi connectivity index (χ4n) is 1.18. The molecule has 0 bridgehead atoms. The van der Waals surface area contributed by atoms with Crippen LogP contribution in [0.4, 0.5) is 0 Å². The fraction of sp³-hybridized carbons (Fsp3) is 0.444. The summed E-state index contributed by atoms with van der Waals surface area (Å²) in [7, 11) is -3.51. The third kappa shape index (κ3) is 2.85. The van der Waals surface area contributed by atoms with Crippen molar-refractivity contribution in [3.63, 3.8) is 0 Å². The van der Waals surface area contributed by atoms with Gasteiger partial charge in [-0.2, -0.15) is 0 Å². The smallest absolute Gasteiger partial charge is 0.242 e. The summed E-state index contributed by atoms with van der Waals surface area (Å²) in [5, 5.41) is 0.235. The van der Waals surface area contributed by atoms with E-state index in [1.54, 1.807) is 0 Å². The van der Waals surface area contributed by atoms with Gasteiger partial charge in [-0.1, -0.05) is 23.2 Å². The number of halogens is 2. The Bertz CT molecular complexity index is 500. The maximum atomic E-state index is 11.8. The average molecular weight is 281 g/mol. The summed E-state index contributed by atoms with van der Waals surface area (Å²) in [5.74, 6) is 0.477. The molecule has 0 amide bonds. The molecule has 88 valence electrons. The SMILES string of the molecule is O=S(=O)(NCC1CC1)c1cnc(Cl)c(Cl)c1. The van der Waals surface area contributed by atoms with E-state index in [1.807, 2.05) is 0 Å². The van der Waals surface area contributed by atoms with Crippen molar-refractivity contribution < 1.29 is 8.42 Å². The molecular weight excluding hydrogens is 271 g/mol. The van der Waals surface area contributed by atoms with Crippen LogP contribution in [0, 0.1) is 5.92 Å². The number of rotatable bonds is 4. The van der Waals surface area contributed by atoms with Crippen LogP contribution >= 0.6 is 23.2 Å². The lowest BCUT2D eigenvalue weighted by Gasteiger charge is -2.06. The fourth-order valence-corrected chi connectivity index (χ4v) is 2.60. The molecule has 0 aliphatic heterocycles. The van der Waals surface area contributed by atoms with Gasteiger partial charge in [0.05, 0.1) is 5.02 Å². The van der Waals surface area contributed by atoms with Crippen LogP contribution in [0.5, 0.6) is 0 Å². The van der Waals surface area contributed by atoms with Crippen LogP contribution in [-0.4, -0.2) is 19.9 Å². The Hall–Kier alpha value is -0.360. The van der Waals surface area contributed by atoms with Gasteiger partial charge in [0.25, 0.3) is 0 Å². The van der Waals surface area contributed by atoms with Crippen LogP contribution in [0.15, 0.2) is 17.2 Å². The summed E-state index contributed by atoms with van der Waals surface area (Å²) >= 11 is 11.3. The lowest BCUT2D eigenvalue weighted by molar-refractivity contribution is 0.577. The molecule has 2 rings (SSSR count). The van der Waals surface area contributed by atoms with Crippen LogP contribution in [0.1, 0.15) is 12.8 Å². The molecule has 0 saturated heterocycles. The van der Waals surface area contributed by atoms with Crippen LogP contribution in [0.3, 0.4) is 0 Å². The first-order valence-electron chi connectivity index (χ1n) is 4.80. The van der Waals surface area contributed by atoms with Crippen molar-refractivity contribution in [2.45, 2.75) is 17.7 Å². The number of hydrogen-bond donors (Lipinski definition) is 1. The predicted octanol–water partition coefficient (Wildman–Crippen LogP) is 2.08. The van der Waals surface area contributed by atoms with Crippen LogP contribution in [0.25, 0.3) is 0 Å². The first-order valence-corrected chi connectivity index (χ1v) is 7.03. The standard InChI is InChI=1S/C9H10Cl2N2O2S/c10-8-3-7(5-12-9(8)11)16(14,15)13-4-6-1-2-6/h3,5-6,13H,1-2,4H2. The number of pyridine rings is 1. The number of sulfonamides is 1. The van der Waals surface area contributed by atoms with Gasteiger partial charge in [0.15, 0.2) is 0 Å². The van der Waals surface area contributed by atoms with Gasteiger partial charge in [-0.25, -0.2) is 18.1 Å². The summed E-state index contributed by atoms with van der Waals surface area (Å²) in [5.41, 5.74) is 0. The van der Waals surface area contributed by atoms with Crippen molar-refractivity contribution in [2.24, 2.45) is 5.92 Å². The van der Waals surface area contributed by atoms with Gasteiger partial charge >= 0.3 is 0 Å². The minimum absolute atomic E-state index is 0.0440. The van der Waals surface area contributed by atoms with Gasteiger partial charge < -0.3 is 0 Å². The second-order valence-corrected chi connectivity index (χ2v) is 6.27. The Morgan fingerprint density at radius 1 is 1.44 bits per heavy atom. The normalized spacial score (nSPS) is 16.4. The Morgan fingerprint density at radius 2 is 2.12 bits per heavy atom. The summed E-state index contributed by atoms with van der Waals surface area (Å²) < 4.78 is 26.1. The first kappa shape index (κ1) is 12.1. The van der Waals surface area contributed by atoms with Crippen molar-refractivity contribution >= 4 is 33.2 Å². The van der Waals surface area contributed by atoms with Crippen LogP contribution in [0.2, 0.25) is 10.2 Å².